The van der Waals surface area contributed by atoms with Gasteiger partial charge in [-0.2, -0.15) is 0 Å². The molecule has 2 fully saturated rings. The molecule has 0 N–H and O–H groups in total. The molecule has 0 aliphatic carbocycles. The van der Waals surface area contributed by atoms with Gasteiger partial charge in [-0.1, -0.05) is 0 Å². The maximum absolute atomic E-state index is 12.9. The average molecular weight is 409 g/mol. The number of likely N-dealkylation sites (tertiary alicyclic amines) is 1. The lowest BCUT2D eigenvalue weighted by molar-refractivity contribution is -0.152. The van der Waals surface area contributed by atoms with Crippen molar-refractivity contribution >= 4 is 17.7 Å². The molecule has 3 amide bonds. The first kappa shape index (κ1) is 20.2. The van der Waals surface area contributed by atoms with Crippen LogP contribution in [0.3, 0.4) is 0 Å². The monoisotopic (exact) mass is 408 g/mol. The largest absolute Gasteiger partial charge is 0.335 e. The fourth-order valence-corrected chi connectivity index (χ4v) is 4.31. The number of carbonyl (C=O) groups excluding carboxylic acids is 3. The van der Waals surface area contributed by atoms with Gasteiger partial charge < -0.3 is 19.3 Å². The lowest BCUT2D eigenvalue weighted by Crippen LogP contribution is -2.54. The van der Waals surface area contributed by atoms with Crippen molar-refractivity contribution in [3.63, 3.8) is 0 Å². The summed E-state index contributed by atoms with van der Waals surface area (Å²) in [6, 6.07) is 11.8. The first-order chi connectivity index (χ1) is 14.5. The highest BCUT2D eigenvalue weighted by molar-refractivity contribution is 6.35. The van der Waals surface area contributed by atoms with Crippen LogP contribution in [0.2, 0.25) is 0 Å². The van der Waals surface area contributed by atoms with Crippen LogP contribution in [-0.2, 0) is 9.59 Å². The highest BCUT2D eigenvalue weighted by atomic mass is 16.2. The number of amides is 3. The van der Waals surface area contributed by atoms with Crippen LogP contribution in [-0.4, -0.2) is 76.3 Å². The molecule has 0 saturated carbocycles. The fourth-order valence-electron chi connectivity index (χ4n) is 4.31. The molecule has 0 radical (unpaired) electrons. The minimum atomic E-state index is -0.439. The summed E-state index contributed by atoms with van der Waals surface area (Å²) >= 11 is 0. The van der Waals surface area contributed by atoms with E-state index in [1.54, 1.807) is 14.7 Å². The Kier molecular flexibility index (Phi) is 5.61. The van der Waals surface area contributed by atoms with Crippen molar-refractivity contribution in [3.05, 3.63) is 53.3 Å². The molecule has 3 heterocycles. The molecule has 2 aliphatic heterocycles. The van der Waals surface area contributed by atoms with E-state index in [0.29, 0.717) is 44.8 Å². The van der Waals surface area contributed by atoms with Gasteiger partial charge >= 0.3 is 11.8 Å². The first-order valence-electron chi connectivity index (χ1n) is 10.6. The summed E-state index contributed by atoms with van der Waals surface area (Å²) in [6.45, 7) is 7.11. The summed E-state index contributed by atoms with van der Waals surface area (Å²) in [5, 5.41) is 0. The third-order valence-corrected chi connectivity index (χ3v) is 6.07. The van der Waals surface area contributed by atoms with Gasteiger partial charge in [0.2, 0.25) is 0 Å². The second kappa shape index (κ2) is 8.34. The second-order valence-corrected chi connectivity index (χ2v) is 8.08. The van der Waals surface area contributed by atoms with Crippen molar-refractivity contribution < 1.29 is 14.4 Å². The smallest absolute Gasteiger partial charge is 0.312 e. The Morgan fingerprint density at radius 1 is 0.633 bits per heavy atom. The van der Waals surface area contributed by atoms with Crippen molar-refractivity contribution in [2.24, 2.45) is 0 Å². The van der Waals surface area contributed by atoms with Gasteiger partial charge in [0.25, 0.3) is 5.91 Å². The number of piperazine rings is 1. The van der Waals surface area contributed by atoms with Crippen LogP contribution in [0.5, 0.6) is 0 Å². The summed E-state index contributed by atoms with van der Waals surface area (Å²) in [5.74, 6) is -0.884. The van der Waals surface area contributed by atoms with E-state index in [0.717, 1.165) is 29.9 Å². The van der Waals surface area contributed by atoms with Crippen molar-refractivity contribution in [1.29, 1.82) is 0 Å². The van der Waals surface area contributed by atoms with E-state index in [1.807, 2.05) is 24.3 Å². The second-order valence-electron chi connectivity index (χ2n) is 8.08. The van der Waals surface area contributed by atoms with Crippen LogP contribution in [0.25, 0.3) is 5.69 Å². The van der Waals surface area contributed by atoms with Crippen molar-refractivity contribution in [1.82, 2.24) is 19.3 Å². The van der Waals surface area contributed by atoms with E-state index in [4.69, 9.17) is 0 Å². The molecule has 7 nitrogen and oxygen atoms in total. The van der Waals surface area contributed by atoms with Gasteiger partial charge in [0, 0.05) is 61.9 Å². The molecule has 0 unspecified atom stereocenters. The zero-order chi connectivity index (χ0) is 21.3. The Morgan fingerprint density at radius 3 is 1.63 bits per heavy atom. The molecule has 158 valence electrons. The molecular formula is C23H28N4O3. The zero-order valence-electron chi connectivity index (χ0n) is 17.6. The summed E-state index contributed by atoms with van der Waals surface area (Å²) in [6.07, 6.45) is 1.92. The summed E-state index contributed by atoms with van der Waals surface area (Å²) in [5.41, 5.74) is 3.96. The SMILES string of the molecule is Cc1ccc(C)n1-c1ccc(C(=O)N2CCN(C(=O)C(=O)N3CCCC3)CC2)cc1. The van der Waals surface area contributed by atoms with E-state index in [1.165, 1.54) is 0 Å². The standard InChI is InChI=1S/C23H28N4O3/c1-17-5-6-18(2)27(17)20-9-7-19(8-10-20)21(28)25-13-15-26(16-14-25)23(30)22(29)24-11-3-4-12-24/h5-10H,3-4,11-16H2,1-2H3. The van der Waals surface area contributed by atoms with E-state index in [2.05, 4.69) is 30.5 Å². The summed E-state index contributed by atoms with van der Waals surface area (Å²) < 4.78 is 2.15. The van der Waals surface area contributed by atoms with Crippen LogP contribution in [0.15, 0.2) is 36.4 Å². The maximum atomic E-state index is 12.9. The Hall–Kier alpha value is -3.09. The molecule has 2 saturated heterocycles. The number of nitrogens with zero attached hydrogens (tertiary/aromatic N) is 4. The van der Waals surface area contributed by atoms with Crippen LogP contribution < -0.4 is 0 Å². The van der Waals surface area contributed by atoms with Crippen LogP contribution in [0.1, 0.15) is 34.6 Å². The minimum Gasteiger partial charge on any atom is -0.335 e. The minimum absolute atomic E-state index is 0.0412. The third kappa shape index (κ3) is 3.84. The van der Waals surface area contributed by atoms with Crippen LogP contribution in [0, 0.1) is 13.8 Å². The highest BCUT2D eigenvalue weighted by Gasteiger charge is 2.31. The summed E-state index contributed by atoms with van der Waals surface area (Å²) in [4.78, 5) is 42.6. The molecule has 2 aromatic rings. The molecule has 0 spiro atoms. The van der Waals surface area contributed by atoms with E-state index in [-0.39, 0.29) is 5.91 Å². The van der Waals surface area contributed by atoms with E-state index in [9.17, 15) is 14.4 Å². The Labute approximate surface area is 176 Å². The van der Waals surface area contributed by atoms with Crippen molar-refractivity contribution in [2.45, 2.75) is 26.7 Å². The Bertz CT molecular complexity index is 930. The van der Waals surface area contributed by atoms with Gasteiger partial charge in [-0.25, -0.2) is 0 Å². The molecule has 4 rings (SSSR count). The normalized spacial score (nSPS) is 16.8. The zero-order valence-corrected chi connectivity index (χ0v) is 17.6. The van der Waals surface area contributed by atoms with Crippen LogP contribution in [0.4, 0.5) is 0 Å². The van der Waals surface area contributed by atoms with Gasteiger partial charge in [0.15, 0.2) is 0 Å². The third-order valence-electron chi connectivity index (χ3n) is 6.07. The average Bonchev–Trinajstić information content (AvgIpc) is 3.42. The molecule has 1 aromatic carbocycles. The lowest BCUT2D eigenvalue weighted by atomic mass is 10.1. The van der Waals surface area contributed by atoms with Crippen molar-refractivity contribution in [3.8, 4) is 5.69 Å². The van der Waals surface area contributed by atoms with Gasteiger partial charge in [-0.05, 0) is 63.1 Å². The molecule has 7 heteroatoms. The van der Waals surface area contributed by atoms with Gasteiger partial charge in [-0.15, -0.1) is 0 Å². The summed E-state index contributed by atoms with van der Waals surface area (Å²) in [7, 11) is 0. The number of benzene rings is 1. The maximum Gasteiger partial charge on any atom is 0.312 e. The van der Waals surface area contributed by atoms with Gasteiger partial charge in [0.1, 0.15) is 0 Å². The van der Waals surface area contributed by atoms with Gasteiger partial charge in [-0.3, -0.25) is 14.4 Å². The predicted octanol–water partition coefficient (Wildman–Crippen LogP) is 2.00. The lowest BCUT2D eigenvalue weighted by Gasteiger charge is -2.35. The van der Waals surface area contributed by atoms with Crippen LogP contribution >= 0.6 is 0 Å². The Balaban J connectivity index is 1.36. The highest BCUT2D eigenvalue weighted by Crippen LogP contribution is 2.18. The fraction of sp³-hybridized carbons (Fsp3) is 0.435. The number of aromatic nitrogens is 1. The number of hydrogen-bond donors (Lipinski definition) is 0. The Morgan fingerprint density at radius 2 is 1.10 bits per heavy atom. The van der Waals surface area contributed by atoms with Crippen molar-refractivity contribution in [2.75, 3.05) is 39.3 Å². The topological polar surface area (TPSA) is 65.9 Å². The van der Waals surface area contributed by atoms with Gasteiger partial charge in [0.05, 0.1) is 0 Å². The molecule has 1 aromatic heterocycles. The number of aryl methyl sites for hydroxylation is 2. The molecule has 30 heavy (non-hydrogen) atoms. The number of rotatable bonds is 2. The molecule has 0 atom stereocenters. The first-order valence-corrected chi connectivity index (χ1v) is 10.6. The number of hydrogen-bond acceptors (Lipinski definition) is 3. The number of carbonyl (C=O) groups is 3. The van der Waals surface area contributed by atoms with E-state index < -0.39 is 11.8 Å². The predicted molar refractivity (Wildman–Crippen MR) is 114 cm³/mol. The molecule has 2 aliphatic rings. The molecule has 0 bridgehead atoms. The quantitative estimate of drug-likeness (QED) is 0.714. The molecular weight excluding hydrogens is 380 g/mol. The van der Waals surface area contributed by atoms with E-state index >= 15 is 0 Å².